The largest absolute Gasteiger partial charge is 2.00 e. The quantitative estimate of drug-likeness (QED) is 0.244. The number of likely N-dealkylation sites (tertiary alicyclic amines) is 1. The Morgan fingerprint density at radius 1 is 1.09 bits per heavy atom. The molecule has 13 heteroatoms. The fourth-order valence-corrected chi connectivity index (χ4v) is 5.24. The number of hydrogen-bond donors (Lipinski definition) is 1. The molecule has 0 spiro atoms. The molecule has 2 atom stereocenters. The Morgan fingerprint density at radius 2 is 1.78 bits per heavy atom. The molecule has 2 aromatic heterocycles. The van der Waals surface area contributed by atoms with Crippen LogP contribution in [0, 0.1) is 19.3 Å². The molecule has 2 unspecified atom stereocenters. The van der Waals surface area contributed by atoms with Crippen molar-refractivity contribution in [2.45, 2.75) is 103 Å². The van der Waals surface area contributed by atoms with Crippen LogP contribution in [-0.4, -0.2) is 116 Å². The van der Waals surface area contributed by atoms with Gasteiger partial charge in [0.25, 0.3) is 0 Å². The zero-order valence-electron chi connectivity index (χ0n) is 28.0. The number of benzene rings is 1. The van der Waals surface area contributed by atoms with Crippen LogP contribution in [0.2, 0.25) is 0 Å². The zero-order valence-corrected chi connectivity index (χ0v) is 31.5. The Bertz CT molecular complexity index is 1530. The summed E-state index contributed by atoms with van der Waals surface area (Å²) in [5.74, 6) is 0.101. The number of β-amino-alcohol motifs (C(OH)–C–C–N with tert-alkyl or cyclic N) is 1. The number of rotatable bonds is 5. The second-order valence-corrected chi connectivity index (χ2v) is 13.5. The molecule has 2 aliphatic rings. The number of anilines is 2. The number of aliphatic hydroxyl groups excluding tert-OH is 1. The van der Waals surface area contributed by atoms with E-state index in [0.717, 1.165) is 24.8 Å². The van der Waals surface area contributed by atoms with E-state index in [0.29, 0.717) is 11.2 Å². The van der Waals surface area contributed by atoms with E-state index in [9.17, 15) is 19.1 Å². The first-order chi connectivity index (χ1) is 20.6. The van der Waals surface area contributed by atoms with Gasteiger partial charge in [-0.1, -0.05) is 6.42 Å². The molecule has 3 heterocycles. The summed E-state index contributed by atoms with van der Waals surface area (Å²) in [4.78, 5) is 33.9. The van der Waals surface area contributed by atoms with Gasteiger partial charge in [0, 0.05) is 18.2 Å². The molecule has 1 N–H and O–H groups in total. The Labute approximate surface area is 305 Å². The molecule has 2 fully saturated rings. The van der Waals surface area contributed by atoms with Crippen LogP contribution in [0.25, 0.3) is 5.65 Å². The molecule has 5 rings (SSSR count). The molecule has 1 aromatic carbocycles. The van der Waals surface area contributed by atoms with E-state index in [-0.39, 0.29) is 86.6 Å². The van der Waals surface area contributed by atoms with E-state index in [2.05, 4.69) is 5.10 Å². The van der Waals surface area contributed by atoms with E-state index in [1.807, 2.05) is 0 Å². The number of piperidine rings is 1. The molecule has 1 aliphatic heterocycles. The van der Waals surface area contributed by atoms with Gasteiger partial charge in [0.05, 0.1) is 18.0 Å². The van der Waals surface area contributed by atoms with Gasteiger partial charge in [-0.25, -0.2) is 18.9 Å². The summed E-state index contributed by atoms with van der Waals surface area (Å²) in [5.41, 5.74) is 0.689. The minimum absolute atomic E-state index is 0. The van der Waals surface area contributed by atoms with E-state index in [1.54, 1.807) is 67.3 Å². The summed E-state index contributed by atoms with van der Waals surface area (Å²) in [6.07, 6.45) is 2.05. The third-order valence-electron chi connectivity index (χ3n) is 7.25. The first kappa shape index (κ1) is 35.5. The Hall–Kier alpha value is -2.36. The molecule has 2 amide bonds. The Kier molecular flexibility index (Phi) is 10.9. The second kappa shape index (κ2) is 13.8. The zero-order chi connectivity index (χ0) is 32.0. The summed E-state index contributed by atoms with van der Waals surface area (Å²) in [7, 11) is 0. The van der Waals surface area contributed by atoms with Crippen LogP contribution in [0.1, 0.15) is 85.7 Å². The van der Waals surface area contributed by atoms with Crippen LogP contribution in [0.4, 0.5) is 25.5 Å². The molecular formula is C32H42BaFN5O6. The molecule has 11 nitrogen and oxygen atoms in total. The van der Waals surface area contributed by atoms with Crippen molar-refractivity contribution in [2.24, 2.45) is 0 Å². The van der Waals surface area contributed by atoms with Crippen molar-refractivity contribution >= 4 is 78.2 Å². The molecule has 0 bridgehead atoms. The van der Waals surface area contributed by atoms with Crippen molar-refractivity contribution in [3.63, 3.8) is 0 Å². The average molecular weight is 749 g/mol. The molecule has 0 radical (unpaired) electrons. The fourth-order valence-electron chi connectivity index (χ4n) is 5.24. The summed E-state index contributed by atoms with van der Waals surface area (Å²) in [6, 6.07) is 5.84. The van der Waals surface area contributed by atoms with Crippen molar-refractivity contribution in [3.8, 4) is 5.88 Å². The van der Waals surface area contributed by atoms with Gasteiger partial charge in [0.1, 0.15) is 17.0 Å². The van der Waals surface area contributed by atoms with Gasteiger partial charge in [-0.15, -0.1) is 0 Å². The molecule has 240 valence electrons. The summed E-state index contributed by atoms with van der Waals surface area (Å²) in [5, 5.41) is 15.2. The number of fused-ring (bicyclic) bond motifs is 1. The SMILES string of the molecule is Cc1cc(F)cc(N(C(=O)OC(C)(C)C)c2cc(OC3[CH-]N(C(=O)OC(C)(C)C)CC(O)C3)nc3c(C4CCC4)cnn23)c1.[Ba+2].[H-]. The average Bonchev–Trinajstić information content (AvgIpc) is 3.23. The van der Waals surface area contributed by atoms with E-state index >= 15 is 0 Å². The normalized spacial score (nSPS) is 19.0. The molecular weight excluding hydrogens is 707 g/mol. The van der Waals surface area contributed by atoms with E-state index in [4.69, 9.17) is 19.2 Å². The number of aryl methyl sites for hydroxylation is 1. The number of halogens is 1. The van der Waals surface area contributed by atoms with Crippen molar-refractivity contribution in [2.75, 3.05) is 11.4 Å². The smallest absolute Gasteiger partial charge is 1.00 e. The predicted molar refractivity (Wildman–Crippen MR) is 168 cm³/mol. The maximum Gasteiger partial charge on any atom is 2.00 e. The van der Waals surface area contributed by atoms with Crippen LogP contribution in [0.3, 0.4) is 0 Å². The first-order valence-electron chi connectivity index (χ1n) is 14.9. The Morgan fingerprint density at radius 3 is 2.38 bits per heavy atom. The van der Waals surface area contributed by atoms with Gasteiger partial charge in [-0.05, 0) is 104 Å². The van der Waals surface area contributed by atoms with Crippen LogP contribution < -0.4 is 9.64 Å². The van der Waals surface area contributed by atoms with Crippen molar-refractivity contribution in [3.05, 3.63) is 54.0 Å². The number of hydrogen-bond acceptors (Lipinski definition) is 8. The summed E-state index contributed by atoms with van der Waals surface area (Å²) in [6.45, 7) is 13.9. The van der Waals surface area contributed by atoms with Gasteiger partial charge >= 0.3 is 61.1 Å². The standard InChI is InChI=1S/C32H41FN5O6.Ba.H/c1-19-11-21(33)13-22(12-19)37(30(41)44-32(5,6)7)27-15-26(35-28-25(16-34-38(27)28)20-9-8-10-20)42-24-14-23(39)17-36(18-24)29(40)43-31(2,3)4;;/h11-13,15-16,18,20,23-24,39H,8-10,14,17H2,1-7H3;;/q-1;+2;-1. The van der Waals surface area contributed by atoms with Crippen LogP contribution >= 0.6 is 0 Å². The number of aliphatic hydroxyl groups is 1. The maximum atomic E-state index is 14.7. The van der Waals surface area contributed by atoms with E-state index < -0.39 is 41.4 Å². The third-order valence-corrected chi connectivity index (χ3v) is 7.25. The van der Waals surface area contributed by atoms with E-state index in [1.165, 1.54) is 32.5 Å². The third kappa shape index (κ3) is 8.72. The van der Waals surface area contributed by atoms with Gasteiger partial charge in [0.15, 0.2) is 11.5 Å². The number of carbonyl (C=O) groups is 2. The fraction of sp³-hybridized carbons (Fsp3) is 0.531. The summed E-state index contributed by atoms with van der Waals surface area (Å²) < 4.78 is 33.8. The van der Waals surface area contributed by atoms with Crippen molar-refractivity contribution in [1.82, 2.24) is 19.5 Å². The topological polar surface area (TPSA) is 119 Å². The van der Waals surface area contributed by atoms with Gasteiger partial charge in [0.2, 0.25) is 5.88 Å². The number of aromatic nitrogens is 3. The first-order valence-corrected chi connectivity index (χ1v) is 14.9. The second-order valence-electron chi connectivity index (χ2n) is 13.5. The maximum absolute atomic E-state index is 14.7. The van der Waals surface area contributed by atoms with Gasteiger partial charge < -0.3 is 25.6 Å². The van der Waals surface area contributed by atoms with Gasteiger partial charge in [-0.3, -0.25) is 0 Å². The molecule has 45 heavy (non-hydrogen) atoms. The monoisotopic (exact) mass is 749 g/mol. The molecule has 1 saturated carbocycles. The minimum atomic E-state index is -0.866. The summed E-state index contributed by atoms with van der Waals surface area (Å²) >= 11 is 0. The molecule has 1 aliphatic carbocycles. The molecule has 1 saturated heterocycles. The van der Waals surface area contributed by atoms with Gasteiger partial charge in [-0.2, -0.15) is 21.1 Å². The number of amides is 2. The van der Waals surface area contributed by atoms with Crippen LogP contribution in [0.5, 0.6) is 5.88 Å². The number of nitrogens with zero attached hydrogens (tertiary/aromatic N) is 5. The molecule has 3 aromatic rings. The number of ether oxygens (including phenoxy) is 3. The predicted octanol–water partition coefficient (Wildman–Crippen LogP) is 6.16. The Balaban J connectivity index is 0.00000288. The van der Waals surface area contributed by atoms with Crippen molar-refractivity contribution < 1.29 is 34.7 Å². The van der Waals surface area contributed by atoms with Crippen LogP contribution in [0.15, 0.2) is 30.5 Å². The number of carbonyl (C=O) groups excluding carboxylic acids is 2. The van der Waals surface area contributed by atoms with Crippen molar-refractivity contribution in [1.29, 1.82) is 0 Å². The van der Waals surface area contributed by atoms with Crippen LogP contribution in [-0.2, 0) is 9.47 Å². The minimum Gasteiger partial charge on any atom is -1.00 e.